The number of nitrogens with zero attached hydrogens (tertiary/aromatic N) is 2. The van der Waals surface area contributed by atoms with E-state index in [2.05, 4.69) is 9.97 Å². The Morgan fingerprint density at radius 1 is 0.636 bits per heavy atom. The van der Waals surface area contributed by atoms with Crippen LogP contribution in [0.15, 0.2) is 60.9 Å². The van der Waals surface area contributed by atoms with Gasteiger partial charge in [0.15, 0.2) is 0 Å². The number of halogens is 2. The fourth-order valence-electron chi connectivity index (χ4n) is 2.22. The molecule has 0 spiro atoms. The number of benzene rings is 2. The molecule has 0 aliphatic carbocycles. The third-order valence-corrected chi connectivity index (χ3v) is 4.02. The van der Waals surface area contributed by atoms with Crippen molar-refractivity contribution in [3.63, 3.8) is 0 Å². The van der Waals surface area contributed by atoms with Crippen molar-refractivity contribution in [2.45, 2.75) is 39.9 Å². The van der Waals surface area contributed by atoms with Gasteiger partial charge in [-0.1, -0.05) is 74.5 Å². The third-order valence-electron chi connectivity index (χ3n) is 3.36. The summed E-state index contributed by atoms with van der Waals surface area (Å²) >= 11 is 11.7. The molecule has 0 fully saturated rings. The summed E-state index contributed by atoms with van der Waals surface area (Å²) in [6.07, 6.45) is 2.33. The van der Waals surface area contributed by atoms with Gasteiger partial charge in [-0.25, -0.2) is 0 Å². The Morgan fingerprint density at radius 3 is 1.21 bits per heavy atom. The summed E-state index contributed by atoms with van der Waals surface area (Å²) in [5, 5.41) is 44.0. The maximum absolute atomic E-state index is 11.2. The molecular weight excluding hydrogens is 499 g/mol. The molecule has 2 heterocycles. The Kier molecular flexibility index (Phi) is 14.9. The zero-order valence-electron chi connectivity index (χ0n) is 18.7. The van der Waals surface area contributed by atoms with Crippen LogP contribution in [-0.4, -0.2) is 22.2 Å². The van der Waals surface area contributed by atoms with Gasteiger partial charge in [0.1, 0.15) is 0 Å². The summed E-state index contributed by atoms with van der Waals surface area (Å²) in [7, 11) is 0. The van der Waals surface area contributed by atoms with Crippen LogP contribution >= 0.6 is 23.2 Å². The van der Waals surface area contributed by atoms with E-state index in [1.807, 2.05) is 0 Å². The molecular formula is C24H24Cl2N2O4Ti. The van der Waals surface area contributed by atoms with Crippen molar-refractivity contribution in [3.8, 4) is 11.5 Å². The summed E-state index contributed by atoms with van der Waals surface area (Å²) < 4.78 is 0. The summed E-state index contributed by atoms with van der Waals surface area (Å²) in [5.74, 6) is -0.176. The van der Waals surface area contributed by atoms with Crippen molar-refractivity contribution in [1.82, 2.24) is 9.97 Å². The molecule has 0 saturated carbocycles. The third kappa shape index (κ3) is 11.2. The van der Waals surface area contributed by atoms with Crippen molar-refractivity contribution in [3.05, 3.63) is 71.0 Å². The van der Waals surface area contributed by atoms with Gasteiger partial charge in [-0.15, -0.1) is 12.2 Å². The second-order valence-electron chi connectivity index (χ2n) is 6.99. The van der Waals surface area contributed by atoms with E-state index in [9.17, 15) is 20.4 Å². The van der Waals surface area contributed by atoms with Crippen LogP contribution < -0.4 is 20.4 Å². The van der Waals surface area contributed by atoms with Crippen LogP contribution in [0.25, 0.3) is 21.8 Å². The van der Waals surface area contributed by atoms with Gasteiger partial charge in [0.2, 0.25) is 0 Å². The zero-order valence-corrected chi connectivity index (χ0v) is 21.8. The van der Waals surface area contributed by atoms with Crippen LogP contribution in [-0.2, 0) is 21.7 Å². The standard InChI is InChI=1S/2C9H6ClNO.2C3H7O.Ti/c2*10-7-3-4-8(12)9-6(7)2-1-5-11-9;2*1-3(2)4;/h2*1-5,12H;2*3H,1-2H3;/q;;2*-1;+4/p-2. The van der Waals surface area contributed by atoms with E-state index in [1.165, 1.54) is 12.1 Å². The van der Waals surface area contributed by atoms with Gasteiger partial charge >= 0.3 is 21.7 Å². The second kappa shape index (κ2) is 15.8. The SMILES string of the molecule is CC(C)[O-].CC(C)[O-].[O-]c1ccc(Cl)c2cccnc12.[O-]c1ccc(Cl)c2cccnc12.[Ti+4]. The maximum Gasteiger partial charge on any atom is 4.00 e. The van der Waals surface area contributed by atoms with E-state index in [-0.39, 0.29) is 33.2 Å². The van der Waals surface area contributed by atoms with E-state index in [0.29, 0.717) is 31.9 Å². The van der Waals surface area contributed by atoms with E-state index >= 15 is 0 Å². The van der Waals surface area contributed by atoms with E-state index < -0.39 is 12.2 Å². The van der Waals surface area contributed by atoms with Crippen LogP contribution in [0.4, 0.5) is 0 Å². The largest absolute Gasteiger partial charge is 4.00 e. The Hall–Kier alpha value is -1.93. The Morgan fingerprint density at radius 2 is 0.939 bits per heavy atom. The Balaban J connectivity index is 0.000000462. The van der Waals surface area contributed by atoms with Gasteiger partial charge in [-0.05, 0) is 36.4 Å². The predicted molar refractivity (Wildman–Crippen MR) is 123 cm³/mol. The summed E-state index contributed by atoms with van der Waals surface area (Å²) in [6, 6.07) is 13.1. The molecule has 0 atom stereocenters. The fraction of sp³-hybridized carbons (Fsp3) is 0.250. The van der Waals surface area contributed by atoms with E-state index in [0.717, 1.165) is 0 Å². The minimum absolute atomic E-state index is 0. The van der Waals surface area contributed by atoms with E-state index in [1.54, 1.807) is 76.5 Å². The van der Waals surface area contributed by atoms with Gasteiger partial charge in [-0.2, -0.15) is 0 Å². The molecule has 33 heavy (non-hydrogen) atoms. The minimum Gasteiger partial charge on any atom is -0.871 e. The molecule has 4 rings (SSSR count). The molecule has 2 aromatic carbocycles. The molecule has 0 unspecified atom stereocenters. The van der Waals surface area contributed by atoms with Crippen LogP contribution in [0.3, 0.4) is 0 Å². The van der Waals surface area contributed by atoms with E-state index in [4.69, 9.17) is 23.2 Å². The smallest absolute Gasteiger partial charge is 0.871 e. The number of fused-ring (bicyclic) bond motifs is 2. The first kappa shape index (κ1) is 31.1. The molecule has 0 aliphatic heterocycles. The van der Waals surface area contributed by atoms with Crippen molar-refractivity contribution in [2.24, 2.45) is 0 Å². The molecule has 6 nitrogen and oxygen atoms in total. The fourth-order valence-corrected chi connectivity index (χ4v) is 2.65. The summed E-state index contributed by atoms with van der Waals surface area (Å²) in [5.41, 5.74) is 0.870. The van der Waals surface area contributed by atoms with Gasteiger partial charge in [0.25, 0.3) is 0 Å². The quantitative estimate of drug-likeness (QED) is 0.326. The molecule has 0 aliphatic rings. The molecule has 0 radical (unpaired) electrons. The van der Waals surface area contributed by atoms with Crippen LogP contribution in [0.2, 0.25) is 10.0 Å². The average molecular weight is 523 g/mol. The minimum atomic E-state index is -0.417. The van der Waals surface area contributed by atoms with Crippen molar-refractivity contribution in [1.29, 1.82) is 0 Å². The topological polar surface area (TPSA) is 118 Å². The average Bonchev–Trinajstić information content (AvgIpc) is 2.74. The maximum atomic E-state index is 11.2. The second-order valence-corrected chi connectivity index (χ2v) is 7.80. The molecule has 9 heteroatoms. The molecule has 0 amide bonds. The van der Waals surface area contributed by atoms with Crippen LogP contribution in [0.5, 0.6) is 11.5 Å². The number of pyridine rings is 2. The van der Waals surface area contributed by atoms with Crippen molar-refractivity contribution in [2.75, 3.05) is 0 Å². The van der Waals surface area contributed by atoms with Gasteiger partial charge in [-0.3, -0.25) is 9.97 Å². The van der Waals surface area contributed by atoms with Crippen molar-refractivity contribution >= 4 is 45.0 Å². The normalized spacial score (nSPS) is 9.76. The number of rotatable bonds is 0. The molecule has 4 aromatic rings. The van der Waals surface area contributed by atoms with Gasteiger partial charge < -0.3 is 20.4 Å². The first-order valence-electron chi connectivity index (χ1n) is 9.76. The first-order valence-corrected chi connectivity index (χ1v) is 10.5. The Bertz CT molecular complexity index is 952. The zero-order chi connectivity index (χ0) is 24.3. The summed E-state index contributed by atoms with van der Waals surface area (Å²) in [4.78, 5) is 7.89. The predicted octanol–water partition coefficient (Wildman–Crippen LogP) is 3.43. The molecule has 172 valence electrons. The number of aromatic nitrogens is 2. The van der Waals surface area contributed by atoms with Crippen molar-refractivity contribution < 1.29 is 42.1 Å². The van der Waals surface area contributed by atoms with Gasteiger partial charge in [0.05, 0.1) is 11.0 Å². The number of hydrogen-bond acceptors (Lipinski definition) is 6. The molecule has 0 saturated heterocycles. The van der Waals surface area contributed by atoms with Crippen LogP contribution in [0, 0.1) is 0 Å². The number of hydrogen-bond donors (Lipinski definition) is 0. The van der Waals surface area contributed by atoms with Crippen LogP contribution in [0.1, 0.15) is 27.7 Å². The first-order chi connectivity index (χ1) is 15.0. The Labute approximate surface area is 218 Å². The molecule has 0 N–H and O–H groups in total. The summed E-state index contributed by atoms with van der Waals surface area (Å²) in [6.45, 7) is 6.44. The molecule has 0 bridgehead atoms. The van der Waals surface area contributed by atoms with Gasteiger partial charge in [0, 0.05) is 33.2 Å². The monoisotopic (exact) mass is 522 g/mol. The molecule has 2 aromatic heterocycles.